The third-order valence-electron chi connectivity index (χ3n) is 2.11. The number of thiophene rings is 1. The Balaban J connectivity index is 2.38. The Kier molecular flexibility index (Phi) is 3.90. The van der Waals surface area contributed by atoms with Gasteiger partial charge in [-0.1, -0.05) is 17.7 Å². The minimum Gasteiger partial charge on any atom is -0.205 e. The summed E-state index contributed by atoms with van der Waals surface area (Å²) in [5.41, 5.74) is 0.788. The molecule has 84 valence electrons. The first-order valence-corrected chi connectivity index (χ1v) is 6.90. The van der Waals surface area contributed by atoms with Gasteiger partial charge in [-0.15, -0.1) is 22.9 Å². The zero-order chi connectivity index (χ0) is 11.7. The molecule has 0 spiro atoms. The van der Waals surface area contributed by atoms with Crippen LogP contribution >= 0.6 is 50.5 Å². The molecule has 0 aliphatic heterocycles. The molecule has 1 heterocycles. The molecule has 0 aliphatic rings. The Hall–Kier alpha value is -0.0900. The zero-order valence-corrected chi connectivity index (χ0v) is 11.8. The van der Waals surface area contributed by atoms with Gasteiger partial charge in [0.1, 0.15) is 5.82 Å². The normalized spacial score (nSPS) is 12.8. The summed E-state index contributed by atoms with van der Waals surface area (Å²) in [5.74, 6) is -0.431. The summed E-state index contributed by atoms with van der Waals surface area (Å²) in [4.78, 5) is 0.990. The van der Waals surface area contributed by atoms with Crippen LogP contribution in [0, 0.1) is 5.82 Å². The van der Waals surface area contributed by atoms with Gasteiger partial charge < -0.3 is 0 Å². The SMILES string of the molecule is Fc1ccc(C(Cl)c2sccc2Br)cc1Cl. The van der Waals surface area contributed by atoms with Crippen molar-refractivity contribution < 1.29 is 4.39 Å². The first kappa shape index (κ1) is 12.4. The fraction of sp³-hybridized carbons (Fsp3) is 0.0909. The van der Waals surface area contributed by atoms with Crippen molar-refractivity contribution in [3.63, 3.8) is 0 Å². The van der Waals surface area contributed by atoms with E-state index in [-0.39, 0.29) is 10.4 Å². The summed E-state index contributed by atoms with van der Waals surface area (Å²) in [7, 11) is 0. The molecule has 1 atom stereocenters. The molecular weight excluding hydrogens is 334 g/mol. The van der Waals surface area contributed by atoms with Crippen molar-refractivity contribution in [1.29, 1.82) is 0 Å². The molecule has 0 radical (unpaired) electrons. The predicted octanol–water partition coefficient (Wildman–Crippen LogP) is 5.63. The highest BCUT2D eigenvalue weighted by Crippen LogP contribution is 2.38. The van der Waals surface area contributed by atoms with E-state index in [0.29, 0.717) is 0 Å². The lowest BCUT2D eigenvalue weighted by atomic mass is 10.1. The van der Waals surface area contributed by atoms with E-state index in [4.69, 9.17) is 23.2 Å². The summed E-state index contributed by atoms with van der Waals surface area (Å²) in [6.45, 7) is 0. The van der Waals surface area contributed by atoms with Crippen LogP contribution in [0.3, 0.4) is 0 Å². The number of hydrogen-bond acceptors (Lipinski definition) is 1. The van der Waals surface area contributed by atoms with E-state index in [2.05, 4.69) is 15.9 Å². The number of hydrogen-bond donors (Lipinski definition) is 0. The van der Waals surface area contributed by atoms with E-state index in [9.17, 15) is 4.39 Å². The van der Waals surface area contributed by atoms with Crippen molar-refractivity contribution in [2.24, 2.45) is 0 Å². The Morgan fingerprint density at radius 3 is 2.62 bits per heavy atom. The summed E-state index contributed by atoms with van der Waals surface area (Å²) < 4.78 is 14.0. The van der Waals surface area contributed by atoms with Crippen LogP contribution in [0.2, 0.25) is 5.02 Å². The molecule has 1 unspecified atom stereocenters. The fourth-order valence-corrected chi connectivity index (χ4v) is 3.64. The van der Waals surface area contributed by atoms with Crippen molar-refractivity contribution >= 4 is 50.5 Å². The largest absolute Gasteiger partial charge is 0.205 e. The highest BCUT2D eigenvalue weighted by Gasteiger charge is 2.16. The maximum atomic E-state index is 13.0. The second-order valence-corrected chi connectivity index (χ2v) is 5.81. The predicted molar refractivity (Wildman–Crippen MR) is 71.1 cm³/mol. The Labute approximate surface area is 115 Å². The second-order valence-electron chi connectivity index (χ2n) is 3.17. The number of halogens is 4. The van der Waals surface area contributed by atoms with Crippen LogP contribution in [0.15, 0.2) is 34.1 Å². The van der Waals surface area contributed by atoms with Gasteiger partial charge in [0.05, 0.1) is 10.4 Å². The minimum absolute atomic E-state index is 0.0934. The minimum atomic E-state index is -0.431. The van der Waals surface area contributed by atoms with Gasteiger partial charge in [0.25, 0.3) is 0 Å². The van der Waals surface area contributed by atoms with Crippen molar-refractivity contribution in [2.75, 3.05) is 0 Å². The average Bonchev–Trinajstić information content (AvgIpc) is 2.67. The van der Waals surface area contributed by atoms with Crippen LogP contribution in [0.4, 0.5) is 4.39 Å². The summed E-state index contributed by atoms with van der Waals surface area (Å²) in [6.07, 6.45) is 0. The lowest BCUT2D eigenvalue weighted by Crippen LogP contribution is -1.92. The van der Waals surface area contributed by atoms with Crippen molar-refractivity contribution in [3.05, 3.63) is 55.4 Å². The van der Waals surface area contributed by atoms with Crippen molar-refractivity contribution in [1.82, 2.24) is 0 Å². The van der Waals surface area contributed by atoms with Crippen LogP contribution in [0.5, 0.6) is 0 Å². The summed E-state index contributed by atoms with van der Waals surface area (Å²) >= 11 is 17.0. The Morgan fingerprint density at radius 1 is 1.31 bits per heavy atom. The van der Waals surface area contributed by atoms with Gasteiger partial charge >= 0.3 is 0 Å². The van der Waals surface area contributed by atoms with E-state index in [1.807, 2.05) is 11.4 Å². The monoisotopic (exact) mass is 338 g/mol. The topological polar surface area (TPSA) is 0 Å². The molecule has 0 aliphatic carbocycles. The van der Waals surface area contributed by atoms with Gasteiger partial charge in [0, 0.05) is 9.35 Å². The summed E-state index contributed by atoms with van der Waals surface area (Å²) in [6, 6.07) is 6.46. The number of benzene rings is 1. The van der Waals surface area contributed by atoms with Gasteiger partial charge in [0.2, 0.25) is 0 Å². The van der Waals surface area contributed by atoms with Gasteiger partial charge in [-0.3, -0.25) is 0 Å². The highest BCUT2D eigenvalue weighted by molar-refractivity contribution is 9.10. The Bertz CT molecular complexity index is 512. The molecule has 2 rings (SSSR count). The maximum Gasteiger partial charge on any atom is 0.141 e. The maximum absolute atomic E-state index is 13.0. The molecule has 1 aromatic heterocycles. The molecule has 0 nitrogen and oxygen atoms in total. The molecule has 16 heavy (non-hydrogen) atoms. The smallest absolute Gasteiger partial charge is 0.141 e. The van der Waals surface area contributed by atoms with Crippen LogP contribution in [0.1, 0.15) is 15.8 Å². The number of rotatable bonds is 2. The fourth-order valence-electron chi connectivity index (χ4n) is 1.31. The lowest BCUT2D eigenvalue weighted by molar-refractivity contribution is 0.627. The molecule has 2 aromatic rings. The van der Waals surface area contributed by atoms with E-state index in [1.54, 1.807) is 23.5 Å². The van der Waals surface area contributed by atoms with Gasteiger partial charge in [-0.25, -0.2) is 4.39 Å². The quantitative estimate of drug-likeness (QED) is 0.622. The van der Waals surface area contributed by atoms with Gasteiger partial charge in [-0.05, 0) is 45.1 Å². The van der Waals surface area contributed by atoms with E-state index in [1.165, 1.54) is 6.07 Å². The number of alkyl halides is 1. The van der Waals surface area contributed by atoms with Gasteiger partial charge in [-0.2, -0.15) is 0 Å². The second kappa shape index (κ2) is 5.05. The van der Waals surface area contributed by atoms with E-state index >= 15 is 0 Å². The van der Waals surface area contributed by atoms with Crippen molar-refractivity contribution in [2.45, 2.75) is 5.38 Å². The Morgan fingerprint density at radius 2 is 2.06 bits per heavy atom. The van der Waals surface area contributed by atoms with Crippen LogP contribution in [-0.2, 0) is 0 Å². The highest BCUT2D eigenvalue weighted by atomic mass is 79.9. The molecule has 5 heteroatoms. The molecule has 1 aromatic carbocycles. The van der Waals surface area contributed by atoms with E-state index < -0.39 is 5.82 Å². The molecule has 0 amide bonds. The molecule has 0 bridgehead atoms. The van der Waals surface area contributed by atoms with Crippen molar-refractivity contribution in [3.8, 4) is 0 Å². The molecule has 0 N–H and O–H groups in total. The van der Waals surface area contributed by atoms with E-state index in [0.717, 1.165) is 14.9 Å². The molecular formula is C11H6BrCl2FS. The lowest BCUT2D eigenvalue weighted by Gasteiger charge is -2.09. The molecule has 0 fully saturated rings. The average molecular weight is 340 g/mol. The molecule has 0 saturated carbocycles. The van der Waals surface area contributed by atoms with Crippen LogP contribution in [-0.4, -0.2) is 0 Å². The van der Waals surface area contributed by atoms with Crippen LogP contribution < -0.4 is 0 Å². The first-order valence-electron chi connectivity index (χ1n) is 4.41. The third-order valence-corrected chi connectivity index (χ3v) is 4.94. The standard InChI is InChI=1S/C11H6BrCl2FS/c12-7-3-4-16-11(7)10(14)6-1-2-9(15)8(13)5-6/h1-5,10H. The third kappa shape index (κ3) is 2.43. The van der Waals surface area contributed by atoms with Crippen LogP contribution in [0.25, 0.3) is 0 Å². The zero-order valence-electron chi connectivity index (χ0n) is 7.88. The van der Waals surface area contributed by atoms with Gasteiger partial charge in [0.15, 0.2) is 0 Å². The summed E-state index contributed by atoms with van der Waals surface area (Å²) in [5, 5.41) is 1.73. The molecule has 0 saturated heterocycles. The first-order chi connectivity index (χ1) is 7.59.